The van der Waals surface area contributed by atoms with E-state index in [0.717, 1.165) is 77.0 Å². The predicted octanol–water partition coefficient (Wildman–Crippen LogP) is 29.1. The zero-order valence-corrected chi connectivity index (χ0v) is 61.8. The molecule has 536 valence electrons. The van der Waals surface area contributed by atoms with Crippen LogP contribution >= 0.6 is 0 Å². The van der Waals surface area contributed by atoms with Crippen LogP contribution in [-0.2, 0) is 19.1 Å². The molecule has 0 aliphatic rings. The Morgan fingerprint density at radius 1 is 0.261 bits per heavy atom. The summed E-state index contributed by atoms with van der Waals surface area (Å²) >= 11 is 0. The van der Waals surface area contributed by atoms with E-state index in [1.807, 2.05) is 0 Å². The van der Waals surface area contributed by atoms with E-state index in [2.05, 4.69) is 98.9 Å². The Balaban J connectivity index is 3.37. The SMILES string of the molecule is CC/C=C\C/C=C\C/C=C\C/C=C\CCCCCCCCCCCCCCCCCCCCCCCCCCCCCCC(=O)OC(CO)COC(=O)CCCCCCCCCCCCCCCCCCCCCCCC/C=C\C/C=C\C/C=C\CCCCCCC. The Kier molecular flexibility index (Phi) is 79.7. The Morgan fingerprint density at radius 3 is 0.707 bits per heavy atom. The second-order valence-corrected chi connectivity index (χ2v) is 27.8. The van der Waals surface area contributed by atoms with Crippen LogP contribution in [0.15, 0.2) is 85.1 Å². The van der Waals surface area contributed by atoms with Crippen molar-refractivity contribution >= 4 is 11.9 Å². The number of aliphatic hydroxyl groups is 1. The average Bonchev–Trinajstić information content (AvgIpc) is 3.64. The highest BCUT2D eigenvalue weighted by Gasteiger charge is 2.16. The summed E-state index contributed by atoms with van der Waals surface area (Å²) in [7, 11) is 0. The highest BCUT2D eigenvalue weighted by Crippen LogP contribution is 2.20. The maximum absolute atomic E-state index is 12.4. The highest BCUT2D eigenvalue weighted by atomic mass is 16.6. The van der Waals surface area contributed by atoms with Gasteiger partial charge in [0.1, 0.15) is 6.61 Å². The number of carbonyl (C=O) groups is 2. The lowest BCUT2D eigenvalue weighted by molar-refractivity contribution is -0.161. The molecule has 0 bridgehead atoms. The maximum Gasteiger partial charge on any atom is 0.306 e. The van der Waals surface area contributed by atoms with E-state index in [1.165, 1.54) is 334 Å². The van der Waals surface area contributed by atoms with E-state index in [9.17, 15) is 14.7 Å². The second-order valence-electron chi connectivity index (χ2n) is 27.8. The number of carbonyl (C=O) groups excluding carboxylic acids is 2. The molecular weight excluding hydrogens is 1120 g/mol. The quantitative estimate of drug-likeness (QED) is 0.0373. The fraction of sp³-hybridized carbons (Fsp3) is 0.816. The van der Waals surface area contributed by atoms with Gasteiger partial charge in [-0.05, 0) is 89.9 Å². The van der Waals surface area contributed by atoms with Crippen LogP contribution < -0.4 is 0 Å². The summed E-state index contributed by atoms with van der Waals surface area (Å²) in [5.74, 6) is -0.565. The molecule has 0 radical (unpaired) electrons. The molecule has 0 fully saturated rings. The number of hydrogen-bond acceptors (Lipinski definition) is 5. The summed E-state index contributed by atoms with van der Waals surface area (Å²) in [5.41, 5.74) is 0. The van der Waals surface area contributed by atoms with Gasteiger partial charge in [0.05, 0.1) is 6.61 Å². The first kappa shape index (κ1) is 89.1. The maximum atomic E-state index is 12.4. The third-order valence-electron chi connectivity index (χ3n) is 18.7. The van der Waals surface area contributed by atoms with Gasteiger partial charge in [0, 0.05) is 12.8 Å². The van der Waals surface area contributed by atoms with Gasteiger partial charge < -0.3 is 14.6 Å². The van der Waals surface area contributed by atoms with Crippen LogP contribution in [0.5, 0.6) is 0 Å². The number of ether oxygens (including phenoxy) is 2. The molecule has 1 unspecified atom stereocenters. The minimum Gasteiger partial charge on any atom is -0.462 e. The molecule has 0 saturated heterocycles. The standard InChI is InChI=1S/C87H158O5/c1-3-5-7-9-11-13-15-17-19-21-23-25-27-29-31-33-35-37-39-41-42-43-44-46-48-50-52-54-56-58-60-62-64-66-68-70-72-74-76-78-80-82-87(90)92-85(83-88)84-91-86(89)81-79-77-75-73-71-69-67-65-63-61-59-57-55-53-51-49-47-45-40-38-36-34-32-30-28-26-24-22-20-18-16-14-12-10-8-6-4-2/h5,7,11,13,16-19,22-25,28,30,85,88H,3-4,6,8-10,12,14-15,20-21,26-27,29,31-84H2,1-2H3/b7-5-,13-11-,18-16-,19-17-,24-22-,25-23-,30-28-. The molecular formula is C87H158O5. The van der Waals surface area contributed by atoms with E-state index < -0.39 is 6.10 Å². The van der Waals surface area contributed by atoms with E-state index in [4.69, 9.17) is 9.47 Å². The molecule has 1 N–H and O–H groups in total. The van der Waals surface area contributed by atoms with Crippen LogP contribution in [-0.4, -0.2) is 36.4 Å². The number of rotatable bonds is 77. The lowest BCUT2D eigenvalue weighted by atomic mass is 10.0. The molecule has 0 aliphatic carbocycles. The van der Waals surface area contributed by atoms with Crippen molar-refractivity contribution in [3.63, 3.8) is 0 Å². The summed E-state index contributed by atoms with van der Waals surface area (Å²) in [4.78, 5) is 24.7. The van der Waals surface area contributed by atoms with Crippen LogP contribution in [0.1, 0.15) is 438 Å². The van der Waals surface area contributed by atoms with Crippen LogP contribution in [0.25, 0.3) is 0 Å². The normalized spacial score (nSPS) is 12.6. The molecule has 1 atom stereocenters. The number of esters is 2. The zero-order chi connectivity index (χ0) is 66.1. The first-order valence-corrected chi connectivity index (χ1v) is 41.1. The number of aliphatic hydroxyl groups excluding tert-OH is 1. The van der Waals surface area contributed by atoms with Gasteiger partial charge in [0.15, 0.2) is 6.10 Å². The summed E-state index contributed by atoms with van der Waals surface area (Å²) in [5, 5.41) is 9.74. The Labute approximate surface area is 575 Å². The molecule has 0 heterocycles. The fourth-order valence-corrected chi connectivity index (χ4v) is 12.6. The molecule has 0 saturated carbocycles. The summed E-state index contributed by atoms with van der Waals surface area (Å²) in [6, 6.07) is 0. The van der Waals surface area contributed by atoms with Crippen molar-refractivity contribution in [2.45, 2.75) is 444 Å². The van der Waals surface area contributed by atoms with Gasteiger partial charge in [0.2, 0.25) is 0 Å². The smallest absolute Gasteiger partial charge is 0.306 e. The first-order valence-electron chi connectivity index (χ1n) is 41.1. The Morgan fingerprint density at radius 2 is 0.467 bits per heavy atom. The summed E-state index contributed by atoms with van der Waals surface area (Å²) < 4.78 is 10.8. The largest absolute Gasteiger partial charge is 0.462 e. The fourth-order valence-electron chi connectivity index (χ4n) is 12.6. The Bertz CT molecular complexity index is 1650. The lowest BCUT2D eigenvalue weighted by Crippen LogP contribution is -2.28. The van der Waals surface area contributed by atoms with Crippen molar-refractivity contribution in [1.82, 2.24) is 0 Å². The monoisotopic (exact) mass is 1280 g/mol. The van der Waals surface area contributed by atoms with Crippen LogP contribution in [0.4, 0.5) is 0 Å². The molecule has 5 heteroatoms. The van der Waals surface area contributed by atoms with Crippen molar-refractivity contribution in [3.05, 3.63) is 85.1 Å². The highest BCUT2D eigenvalue weighted by molar-refractivity contribution is 5.70. The van der Waals surface area contributed by atoms with Crippen molar-refractivity contribution in [1.29, 1.82) is 0 Å². The van der Waals surface area contributed by atoms with E-state index >= 15 is 0 Å². The summed E-state index contributed by atoms with van der Waals surface area (Å²) in [6.07, 6.45) is 117. The van der Waals surface area contributed by atoms with Crippen molar-refractivity contribution in [3.8, 4) is 0 Å². The summed E-state index contributed by atoms with van der Waals surface area (Å²) in [6.45, 7) is 4.07. The molecule has 0 rings (SSSR count). The van der Waals surface area contributed by atoms with Crippen molar-refractivity contribution in [2.75, 3.05) is 13.2 Å². The molecule has 0 aliphatic heterocycles. The van der Waals surface area contributed by atoms with Crippen LogP contribution in [0, 0.1) is 0 Å². The number of allylic oxidation sites excluding steroid dienone is 14. The second kappa shape index (κ2) is 82.3. The van der Waals surface area contributed by atoms with E-state index in [-0.39, 0.29) is 25.2 Å². The Hall–Kier alpha value is -2.92. The first-order chi connectivity index (χ1) is 45.6. The minimum absolute atomic E-state index is 0.0606. The molecule has 0 aromatic carbocycles. The van der Waals surface area contributed by atoms with Crippen LogP contribution in [0.2, 0.25) is 0 Å². The van der Waals surface area contributed by atoms with Gasteiger partial charge in [-0.2, -0.15) is 0 Å². The third kappa shape index (κ3) is 79.5. The van der Waals surface area contributed by atoms with Gasteiger partial charge in [0.25, 0.3) is 0 Å². The van der Waals surface area contributed by atoms with Gasteiger partial charge in [-0.3, -0.25) is 9.59 Å². The average molecular weight is 1280 g/mol. The number of unbranched alkanes of at least 4 members (excludes halogenated alkanes) is 55. The van der Waals surface area contributed by atoms with Crippen molar-refractivity contribution < 1.29 is 24.2 Å². The third-order valence-corrected chi connectivity index (χ3v) is 18.7. The van der Waals surface area contributed by atoms with Crippen molar-refractivity contribution in [2.24, 2.45) is 0 Å². The lowest BCUT2D eigenvalue weighted by Gasteiger charge is -2.15. The predicted molar refractivity (Wildman–Crippen MR) is 408 cm³/mol. The van der Waals surface area contributed by atoms with Gasteiger partial charge in [-0.15, -0.1) is 0 Å². The molecule has 0 amide bonds. The number of hydrogen-bond donors (Lipinski definition) is 1. The molecule has 0 spiro atoms. The van der Waals surface area contributed by atoms with E-state index in [1.54, 1.807) is 0 Å². The van der Waals surface area contributed by atoms with Gasteiger partial charge in [-0.1, -0.05) is 420 Å². The van der Waals surface area contributed by atoms with Crippen LogP contribution in [0.3, 0.4) is 0 Å². The molecule has 5 nitrogen and oxygen atoms in total. The van der Waals surface area contributed by atoms with Gasteiger partial charge in [-0.25, -0.2) is 0 Å². The molecule has 0 aromatic rings. The molecule has 0 aromatic heterocycles. The topological polar surface area (TPSA) is 72.8 Å². The van der Waals surface area contributed by atoms with Gasteiger partial charge >= 0.3 is 11.9 Å². The zero-order valence-electron chi connectivity index (χ0n) is 61.8. The molecule has 92 heavy (non-hydrogen) atoms. The minimum atomic E-state index is -0.772. The van der Waals surface area contributed by atoms with E-state index in [0.29, 0.717) is 12.8 Å².